The molecule has 0 aromatic heterocycles. The maximum absolute atomic E-state index is 12.5. The van der Waals surface area contributed by atoms with E-state index in [-0.39, 0.29) is 6.61 Å². The number of rotatable bonds is 10. The van der Waals surface area contributed by atoms with Gasteiger partial charge in [-0.3, -0.25) is 4.57 Å². The highest BCUT2D eigenvalue weighted by molar-refractivity contribution is 7.88. The maximum Gasteiger partial charge on any atom is 0.338 e. The van der Waals surface area contributed by atoms with E-state index in [2.05, 4.69) is 11.7 Å². The highest BCUT2D eigenvalue weighted by Gasteiger charge is 2.24. The average Bonchev–Trinajstić information content (AvgIpc) is 2.53. The van der Waals surface area contributed by atoms with Crippen LogP contribution in [0.4, 0.5) is 5.69 Å². The zero-order valence-corrected chi connectivity index (χ0v) is 15.4. The molecule has 1 rings (SSSR count). The third-order valence-corrected chi connectivity index (χ3v) is 5.93. The number of anilines is 1. The van der Waals surface area contributed by atoms with Gasteiger partial charge in [0.05, 0.1) is 5.56 Å². The third-order valence-electron chi connectivity index (χ3n) is 3.02. The molecular weight excluding hydrogens is 358 g/mol. The van der Waals surface area contributed by atoms with Crippen LogP contribution in [0.3, 0.4) is 0 Å². The van der Waals surface area contributed by atoms with Crippen molar-refractivity contribution in [2.24, 2.45) is 0 Å². The van der Waals surface area contributed by atoms with Gasteiger partial charge >= 0.3 is 12.8 Å². The van der Waals surface area contributed by atoms with Crippen LogP contribution in [-0.2, 0) is 9.30 Å². The third kappa shape index (κ3) is 6.96. The molecule has 0 aliphatic heterocycles. The number of esters is 1. The lowest BCUT2D eigenvalue weighted by Crippen LogP contribution is -2.18. The van der Waals surface area contributed by atoms with E-state index in [1.54, 1.807) is 36.0 Å². The van der Waals surface area contributed by atoms with Crippen LogP contribution in [0.25, 0.3) is 0 Å². The van der Waals surface area contributed by atoms with Crippen molar-refractivity contribution < 1.29 is 14.1 Å². The molecule has 8 heteroatoms. The number of alkyl halides is 1. The van der Waals surface area contributed by atoms with E-state index in [0.717, 1.165) is 12.8 Å². The summed E-state index contributed by atoms with van der Waals surface area (Å²) in [6.07, 6.45) is 3.15. The molecule has 0 fully saturated rings. The van der Waals surface area contributed by atoms with E-state index in [0.29, 0.717) is 23.7 Å². The minimum atomic E-state index is -3.22. The Morgan fingerprint density at radius 1 is 1.39 bits per heavy atom. The Hall–Kier alpha value is -1.00. The summed E-state index contributed by atoms with van der Waals surface area (Å²) in [5.74, 6) is 0.126. The highest BCUT2D eigenvalue weighted by Crippen LogP contribution is 2.53. The lowest BCUT2D eigenvalue weighted by molar-refractivity contribution is 0.0550. The van der Waals surface area contributed by atoms with E-state index < -0.39 is 12.8 Å². The van der Waals surface area contributed by atoms with Crippen LogP contribution in [0.2, 0.25) is 0 Å². The molecule has 0 aliphatic rings. The zero-order chi connectivity index (χ0) is 17.3. The number of hydrogen-bond donors (Lipinski definition) is 1. The van der Waals surface area contributed by atoms with Crippen molar-refractivity contribution in [3.8, 4) is 0 Å². The van der Waals surface area contributed by atoms with E-state index in [4.69, 9.17) is 27.6 Å². The molecule has 0 aliphatic carbocycles. The molecule has 0 bridgehead atoms. The van der Waals surface area contributed by atoms with Crippen LogP contribution >= 0.6 is 29.6 Å². The van der Waals surface area contributed by atoms with Crippen molar-refractivity contribution in [3.63, 3.8) is 0 Å². The number of unbranched alkanes of at least 4 members (excludes halogenated alkanes) is 1. The highest BCUT2D eigenvalue weighted by atomic mass is 35.7. The fraction of sp³-hybridized carbons (Fsp3) is 0.400. The van der Waals surface area contributed by atoms with Crippen molar-refractivity contribution in [3.05, 3.63) is 42.5 Å². The van der Waals surface area contributed by atoms with Gasteiger partial charge in [-0.1, -0.05) is 12.7 Å². The number of carbonyl (C=O) groups excluding carboxylic acids is 1. The van der Waals surface area contributed by atoms with Crippen molar-refractivity contribution in [2.45, 2.75) is 12.8 Å². The first kappa shape index (κ1) is 20.0. The first-order valence-electron chi connectivity index (χ1n) is 7.14. The van der Waals surface area contributed by atoms with Gasteiger partial charge in [0.25, 0.3) is 0 Å². The van der Waals surface area contributed by atoms with Crippen LogP contribution in [0.15, 0.2) is 36.9 Å². The van der Waals surface area contributed by atoms with Gasteiger partial charge in [0.15, 0.2) is 0 Å². The first-order chi connectivity index (χ1) is 10.9. The summed E-state index contributed by atoms with van der Waals surface area (Å²) in [6, 6.07) is 6.43. The summed E-state index contributed by atoms with van der Waals surface area (Å²) >= 11 is 11.7. The average molecular weight is 379 g/mol. The van der Waals surface area contributed by atoms with E-state index in [1.165, 1.54) is 6.08 Å². The van der Waals surface area contributed by atoms with Crippen LogP contribution in [0, 0.1) is 0 Å². The predicted molar refractivity (Wildman–Crippen MR) is 96.6 cm³/mol. The minimum absolute atomic E-state index is 0.156. The Labute approximate surface area is 146 Å². The Morgan fingerprint density at radius 2 is 2.04 bits per heavy atom. The molecule has 0 heterocycles. The van der Waals surface area contributed by atoms with Crippen LogP contribution < -0.4 is 5.09 Å². The number of nitrogens with zero attached hydrogens (tertiary/aromatic N) is 1. The smallest absolute Gasteiger partial charge is 0.338 e. The zero-order valence-electron chi connectivity index (χ0n) is 13.0. The summed E-state index contributed by atoms with van der Waals surface area (Å²) in [4.78, 5) is 11.7. The molecule has 0 radical (unpaired) electrons. The molecule has 0 amide bonds. The largest absolute Gasteiger partial charge is 0.458 e. The second-order valence-corrected chi connectivity index (χ2v) is 8.52. The van der Waals surface area contributed by atoms with Gasteiger partial charge in [-0.05, 0) is 55.4 Å². The Balaban J connectivity index is 2.64. The number of benzene rings is 1. The normalized spacial score (nSPS) is 13.4. The predicted octanol–water partition coefficient (Wildman–Crippen LogP) is 4.74. The molecule has 1 N–H and O–H groups in total. The summed E-state index contributed by atoms with van der Waals surface area (Å²) in [5.41, 5.74) is 0.963. The number of nitrogens with one attached hydrogen (secondary N) is 1. The first-order valence-corrected chi connectivity index (χ1v) is 10.2. The summed E-state index contributed by atoms with van der Waals surface area (Å²) in [7, 11) is 1.69. The molecule has 128 valence electrons. The topological polar surface area (TPSA) is 58.6 Å². The standard InChI is InChI=1S/C15H21Cl2N2O3P/c1-3-12-22-15(20)13-6-8-14(9-7-13)18-23(17,21)19(2)11-5-4-10-16/h3,6-9H,1,4-5,10-12H2,2H3,(H,18,21). The van der Waals surface area contributed by atoms with Gasteiger partial charge in [-0.15, -0.1) is 11.6 Å². The van der Waals surface area contributed by atoms with Crippen LogP contribution in [-0.4, -0.2) is 36.7 Å². The number of ether oxygens (including phenoxy) is 1. The van der Waals surface area contributed by atoms with E-state index in [9.17, 15) is 9.36 Å². The summed E-state index contributed by atoms with van der Waals surface area (Å²) in [6.45, 7) is 0.991. The van der Waals surface area contributed by atoms with Crippen molar-refractivity contribution in [1.82, 2.24) is 4.67 Å². The monoisotopic (exact) mass is 378 g/mol. The van der Waals surface area contributed by atoms with Crippen molar-refractivity contribution >= 4 is 41.3 Å². The Bertz CT molecular complexity index is 566. The maximum atomic E-state index is 12.5. The van der Waals surface area contributed by atoms with Gasteiger partial charge in [-0.2, -0.15) is 0 Å². The minimum Gasteiger partial charge on any atom is -0.458 e. The number of halogens is 2. The van der Waals surface area contributed by atoms with Crippen LogP contribution in [0.5, 0.6) is 0 Å². The van der Waals surface area contributed by atoms with Crippen molar-refractivity contribution in [2.75, 3.05) is 31.2 Å². The molecule has 23 heavy (non-hydrogen) atoms. The number of carbonyl (C=O) groups is 1. The quantitative estimate of drug-likeness (QED) is 0.209. The second kappa shape index (κ2) is 9.99. The molecule has 1 atom stereocenters. The fourth-order valence-electron chi connectivity index (χ4n) is 1.71. The molecule has 1 unspecified atom stereocenters. The van der Waals surface area contributed by atoms with Crippen molar-refractivity contribution in [1.29, 1.82) is 0 Å². The number of hydrogen-bond acceptors (Lipinski definition) is 3. The van der Waals surface area contributed by atoms with E-state index >= 15 is 0 Å². The van der Waals surface area contributed by atoms with Crippen LogP contribution in [0.1, 0.15) is 23.2 Å². The Kier molecular flexibility index (Phi) is 8.71. The summed E-state index contributed by atoms with van der Waals surface area (Å²) in [5, 5.41) is 2.80. The SMILES string of the molecule is C=CCOC(=O)c1ccc(NP(=O)(Cl)N(C)CCCCCl)cc1. The van der Waals surface area contributed by atoms with Gasteiger partial charge in [0.1, 0.15) is 6.61 Å². The Morgan fingerprint density at radius 3 is 2.61 bits per heavy atom. The van der Waals surface area contributed by atoms with E-state index in [1.807, 2.05) is 0 Å². The second-order valence-electron chi connectivity index (χ2n) is 4.86. The van der Waals surface area contributed by atoms with Gasteiger partial charge in [-0.25, -0.2) is 9.46 Å². The molecule has 0 saturated heterocycles. The van der Waals surface area contributed by atoms with Gasteiger partial charge in [0, 0.05) is 18.1 Å². The molecule has 0 spiro atoms. The molecule has 5 nitrogen and oxygen atoms in total. The molecule has 0 saturated carbocycles. The lowest BCUT2D eigenvalue weighted by Gasteiger charge is -2.24. The van der Waals surface area contributed by atoms with Gasteiger partial charge < -0.3 is 9.82 Å². The van der Waals surface area contributed by atoms with Gasteiger partial charge in [0.2, 0.25) is 0 Å². The lowest BCUT2D eigenvalue weighted by atomic mass is 10.2. The molecular formula is C15H21Cl2N2O3P. The molecule has 1 aromatic carbocycles. The summed E-state index contributed by atoms with van der Waals surface area (Å²) < 4.78 is 19.0. The molecule has 1 aromatic rings. The fourth-order valence-corrected chi connectivity index (χ4v) is 3.45.